The molecule has 5 atom stereocenters. The molecule has 0 radical (unpaired) electrons. The molecule has 3 rings (SSSR count). The summed E-state index contributed by atoms with van der Waals surface area (Å²) in [5, 5.41) is 5.47. The van der Waals surface area contributed by atoms with E-state index in [1.807, 2.05) is 6.92 Å². The van der Waals surface area contributed by atoms with E-state index in [1.165, 1.54) is 20.2 Å². The Morgan fingerprint density at radius 3 is 2.33 bits per heavy atom. The van der Waals surface area contributed by atoms with Crippen molar-refractivity contribution in [3.05, 3.63) is 58.4 Å². The van der Waals surface area contributed by atoms with Crippen molar-refractivity contribution in [2.75, 3.05) is 33.4 Å². The van der Waals surface area contributed by atoms with Gasteiger partial charge in [-0.05, 0) is 55.7 Å². The summed E-state index contributed by atoms with van der Waals surface area (Å²) in [6.45, 7) is 6.76. The quantitative estimate of drug-likeness (QED) is 0.234. The molecule has 0 bridgehead atoms. The molecule has 1 aliphatic carbocycles. The lowest BCUT2D eigenvalue weighted by atomic mass is 9.99. The van der Waals surface area contributed by atoms with Crippen molar-refractivity contribution in [1.82, 2.24) is 5.32 Å². The molecule has 0 aromatic heterocycles. The van der Waals surface area contributed by atoms with Crippen LogP contribution < -0.4 is 10.6 Å². The molecule has 0 spiro atoms. The van der Waals surface area contributed by atoms with Crippen molar-refractivity contribution in [1.29, 1.82) is 0 Å². The van der Waals surface area contributed by atoms with E-state index >= 15 is 0 Å². The normalized spacial score (nSPS) is 20.8. The summed E-state index contributed by atoms with van der Waals surface area (Å²) < 4.78 is 55.0. The Balaban J connectivity index is 0.000000840. The van der Waals surface area contributed by atoms with Crippen LogP contribution in [0.2, 0.25) is 5.02 Å². The Kier molecular flexibility index (Phi) is 13.6. The molecule has 7 nitrogen and oxygen atoms in total. The van der Waals surface area contributed by atoms with Crippen molar-refractivity contribution < 1.29 is 37.0 Å². The lowest BCUT2D eigenvalue weighted by molar-refractivity contribution is -0.0714. The Bertz CT molecular complexity index is 1130. The highest BCUT2D eigenvalue weighted by Crippen LogP contribution is 2.49. The number of rotatable bonds is 9. The average Bonchev–Trinajstić information content (AvgIpc) is 3.18. The predicted octanol–water partition coefficient (Wildman–Crippen LogP) is 7.13. The molecule has 2 aromatic rings. The molecule has 0 aliphatic heterocycles. The SMILES string of the molecule is CNC(=O)OC.COCOC(C)CC1CC(C)C(C)C1Sc1cc(C(=O)Nc2cc(F)c(F)c(F)c2)ccc1Cl. The van der Waals surface area contributed by atoms with Gasteiger partial charge in [-0.25, -0.2) is 18.0 Å². The van der Waals surface area contributed by atoms with Gasteiger partial charge in [0.05, 0.1) is 18.2 Å². The van der Waals surface area contributed by atoms with Gasteiger partial charge >= 0.3 is 6.09 Å². The summed E-state index contributed by atoms with van der Waals surface area (Å²) in [5.74, 6) is -3.53. The smallest absolute Gasteiger partial charge is 0.406 e. The third-order valence-corrected chi connectivity index (χ3v) is 8.87. The van der Waals surface area contributed by atoms with Crippen LogP contribution in [0.1, 0.15) is 44.0 Å². The summed E-state index contributed by atoms with van der Waals surface area (Å²) in [6, 6.07) is 6.32. The summed E-state index contributed by atoms with van der Waals surface area (Å²) in [4.78, 5) is 23.3. The van der Waals surface area contributed by atoms with Gasteiger partial charge in [-0.3, -0.25) is 4.79 Å². The molecule has 0 saturated heterocycles. The maximum Gasteiger partial charge on any atom is 0.406 e. The lowest BCUT2D eigenvalue weighted by Crippen LogP contribution is -2.22. The van der Waals surface area contributed by atoms with Gasteiger partial charge in [0.15, 0.2) is 17.5 Å². The zero-order chi connectivity index (χ0) is 30.0. The van der Waals surface area contributed by atoms with E-state index in [2.05, 4.69) is 29.2 Å². The Morgan fingerprint density at radius 1 is 1.12 bits per heavy atom. The molecule has 12 heteroatoms. The van der Waals surface area contributed by atoms with E-state index in [-0.39, 0.29) is 29.4 Å². The summed E-state index contributed by atoms with van der Waals surface area (Å²) in [5.41, 5.74) is 0.109. The maximum atomic E-state index is 13.5. The Labute approximate surface area is 242 Å². The third kappa shape index (κ3) is 9.57. The molecular formula is C28H36ClF3N2O5S. The zero-order valence-electron chi connectivity index (χ0n) is 23.4. The number of ether oxygens (including phenoxy) is 3. The Morgan fingerprint density at radius 2 is 1.77 bits per heavy atom. The molecule has 2 aromatic carbocycles. The lowest BCUT2D eigenvalue weighted by Gasteiger charge is -2.26. The molecule has 1 saturated carbocycles. The second-order valence-electron chi connectivity index (χ2n) is 9.63. The van der Waals surface area contributed by atoms with Gasteiger partial charge in [-0.15, -0.1) is 11.8 Å². The molecule has 5 unspecified atom stereocenters. The number of benzene rings is 2. The predicted molar refractivity (Wildman–Crippen MR) is 150 cm³/mol. The van der Waals surface area contributed by atoms with Crippen LogP contribution in [0.15, 0.2) is 35.2 Å². The highest BCUT2D eigenvalue weighted by atomic mass is 35.5. The topological polar surface area (TPSA) is 85.9 Å². The second kappa shape index (κ2) is 16.1. The third-order valence-electron chi connectivity index (χ3n) is 6.75. The molecule has 0 heterocycles. The van der Waals surface area contributed by atoms with Gasteiger partial charge in [-0.2, -0.15) is 0 Å². The first-order valence-corrected chi connectivity index (χ1v) is 14.0. The van der Waals surface area contributed by atoms with Crippen LogP contribution in [0.5, 0.6) is 0 Å². The minimum Gasteiger partial charge on any atom is -0.453 e. The van der Waals surface area contributed by atoms with Crippen LogP contribution in [0.4, 0.5) is 23.7 Å². The fraction of sp³-hybridized carbons (Fsp3) is 0.500. The number of nitrogens with one attached hydrogen (secondary N) is 2. The monoisotopic (exact) mass is 604 g/mol. The van der Waals surface area contributed by atoms with E-state index in [4.69, 9.17) is 21.1 Å². The molecule has 40 heavy (non-hydrogen) atoms. The van der Waals surface area contributed by atoms with Crippen molar-refractivity contribution in [3.63, 3.8) is 0 Å². The largest absolute Gasteiger partial charge is 0.453 e. The molecule has 2 N–H and O–H groups in total. The number of anilines is 1. The standard InChI is InChI=1S/C25H29ClF3NO3S.C3H7NO2/c1-13-7-17(8-14(2)33-12-32-4)24(15(13)3)34-22-9-16(5-6-19(22)26)25(31)30-18-10-20(27)23(29)21(28)11-18;1-4-3(5)6-2/h5-6,9-11,13-15,17,24H,7-8,12H2,1-4H3,(H,30,31);1-2H3,(H,4,5). The maximum absolute atomic E-state index is 13.5. The second-order valence-corrected chi connectivity index (χ2v) is 11.3. The van der Waals surface area contributed by atoms with Crippen molar-refractivity contribution in [2.24, 2.45) is 17.8 Å². The highest BCUT2D eigenvalue weighted by molar-refractivity contribution is 8.00. The summed E-state index contributed by atoms with van der Waals surface area (Å²) >= 11 is 8.11. The first-order chi connectivity index (χ1) is 18.9. The summed E-state index contributed by atoms with van der Waals surface area (Å²) in [6.07, 6.45) is 1.60. The number of amides is 2. The van der Waals surface area contributed by atoms with E-state index in [9.17, 15) is 22.8 Å². The minimum absolute atomic E-state index is 0.0506. The number of methoxy groups -OCH3 is 2. The van der Waals surface area contributed by atoms with Crippen LogP contribution in [0.3, 0.4) is 0 Å². The number of alkyl carbamates (subject to hydrolysis) is 1. The molecule has 1 fully saturated rings. The van der Waals surface area contributed by atoms with Gasteiger partial charge in [0.1, 0.15) is 6.79 Å². The Hall–Kier alpha value is -2.47. The van der Waals surface area contributed by atoms with Crippen molar-refractivity contribution >= 4 is 41.1 Å². The van der Waals surface area contributed by atoms with Gasteiger partial charge in [0, 0.05) is 47.7 Å². The number of carbonyl (C=O) groups excluding carboxylic acids is 2. The molecule has 2 amide bonds. The van der Waals surface area contributed by atoms with E-state index in [0.29, 0.717) is 22.8 Å². The summed E-state index contributed by atoms with van der Waals surface area (Å²) in [7, 11) is 4.42. The first kappa shape index (κ1) is 33.7. The van der Waals surface area contributed by atoms with Crippen molar-refractivity contribution in [3.8, 4) is 0 Å². The molecular weight excluding hydrogens is 569 g/mol. The number of carbonyl (C=O) groups is 2. The highest BCUT2D eigenvalue weighted by Gasteiger charge is 2.40. The number of halogens is 4. The number of thioether (sulfide) groups is 1. The van der Waals surface area contributed by atoms with Crippen LogP contribution in [-0.4, -0.2) is 51.4 Å². The van der Waals surface area contributed by atoms with Crippen LogP contribution in [0, 0.1) is 35.2 Å². The molecule has 222 valence electrons. The van der Waals surface area contributed by atoms with Crippen LogP contribution in [0.25, 0.3) is 0 Å². The van der Waals surface area contributed by atoms with Crippen LogP contribution in [-0.2, 0) is 14.2 Å². The molecule has 1 aliphatic rings. The van der Waals surface area contributed by atoms with E-state index in [0.717, 1.165) is 29.9 Å². The van der Waals surface area contributed by atoms with Crippen molar-refractivity contribution in [2.45, 2.75) is 49.9 Å². The van der Waals surface area contributed by atoms with Gasteiger partial charge in [-0.1, -0.05) is 25.4 Å². The fourth-order valence-electron chi connectivity index (χ4n) is 4.51. The zero-order valence-corrected chi connectivity index (χ0v) is 24.9. The van der Waals surface area contributed by atoms with Crippen LogP contribution >= 0.6 is 23.4 Å². The van der Waals surface area contributed by atoms with Gasteiger partial charge < -0.3 is 24.8 Å². The van der Waals surface area contributed by atoms with E-state index < -0.39 is 29.5 Å². The number of hydrogen-bond acceptors (Lipinski definition) is 6. The van der Waals surface area contributed by atoms with Gasteiger partial charge in [0.25, 0.3) is 5.91 Å². The average molecular weight is 605 g/mol. The minimum atomic E-state index is -1.58. The van der Waals surface area contributed by atoms with Gasteiger partial charge in [0.2, 0.25) is 0 Å². The number of hydrogen-bond donors (Lipinski definition) is 2. The van der Waals surface area contributed by atoms with E-state index in [1.54, 1.807) is 31.0 Å². The fourth-order valence-corrected chi connectivity index (χ4v) is 6.32. The first-order valence-electron chi connectivity index (χ1n) is 12.7.